The summed E-state index contributed by atoms with van der Waals surface area (Å²) in [5.74, 6) is -0.244. The van der Waals surface area contributed by atoms with Crippen LogP contribution in [-0.4, -0.2) is 83.3 Å². The summed E-state index contributed by atoms with van der Waals surface area (Å²) in [5.41, 5.74) is 6.04. The van der Waals surface area contributed by atoms with Gasteiger partial charge in [-0.2, -0.15) is 0 Å². The van der Waals surface area contributed by atoms with Gasteiger partial charge in [-0.1, -0.05) is 0 Å². The molecule has 3 aromatic rings. The van der Waals surface area contributed by atoms with Crippen molar-refractivity contribution in [1.82, 2.24) is 24.7 Å². The summed E-state index contributed by atoms with van der Waals surface area (Å²) >= 11 is 0.928. The van der Waals surface area contributed by atoms with Crippen molar-refractivity contribution in [1.29, 1.82) is 5.26 Å². The molecule has 1 saturated heterocycles. The number of carbonyl (C=O) groups is 1. The Morgan fingerprint density at radius 2 is 2.05 bits per heavy atom. The van der Waals surface area contributed by atoms with Gasteiger partial charge in [0.2, 0.25) is 0 Å². The maximum absolute atomic E-state index is 16.4. The first-order chi connectivity index (χ1) is 20.7. The van der Waals surface area contributed by atoms with Gasteiger partial charge in [0.15, 0.2) is 0 Å². The van der Waals surface area contributed by atoms with Gasteiger partial charge in [-0.05, 0) is 0 Å². The molecule has 2 aromatic heterocycles. The van der Waals surface area contributed by atoms with Crippen LogP contribution < -0.4 is 16.6 Å². The quantitative estimate of drug-likeness (QED) is 0.111. The third-order valence-electron chi connectivity index (χ3n) is 7.21. The number of rotatable bonds is 13. The number of nitrogens with zero attached hydrogens (tertiary/aromatic N) is 5. The molecule has 1 fully saturated rings. The van der Waals surface area contributed by atoms with Crippen LogP contribution in [0, 0.1) is 16.7 Å². The molecule has 18 heteroatoms. The van der Waals surface area contributed by atoms with Gasteiger partial charge in [0.1, 0.15) is 0 Å². The van der Waals surface area contributed by atoms with E-state index in [9.17, 15) is 25.2 Å². The van der Waals surface area contributed by atoms with Crippen LogP contribution in [0.2, 0.25) is 0 Å². The molecule has 0 spiro atoms. The van der Waals surface area contributed by atoms with E-state index in [4.69, 9.17) is 25.3 Å². The zero-order valence-electron chi connectivity index (χ0n) is 24.3. The molecule has 4 atom stereocenters. The number of aromatic nitrogens is 4. The Morgan fingerprint density at radius 3 is 2.70 bits per heavy atom. The Kier molecular flexibility index (Phi) is 10.1. The van der Waals surface area contributed by atoms with Gasteiger partial charge < -0.3 is 0 Å². The molecule has 8 N–H and O–H groups in total. The molecule has 15 nitrogen and oxygen atoms in total. The minimum atomic E-state index is -4.27. The number of fused-ring (bicyclic) bond motifs is 1. The molecule has 0 saturated carbocycles. The Bertz CT molecular complexity index is 1530. The van der Waals surface area contributed by atoms with Crippen LogP contribution in [0.15, 0.2) is 36.5 Å². The minimum absolute atomic E-state index is 0.00330. The SMILES string of the molecule is CC(C)(CO)C(=O)SCCO[PH](O)(NCc1ccccc1)OC[C@H]1O[C@@](C#N)(c2cnc3c(N)nc(N)nn23)[C@](C)(F)[C@@H]1O. The van der Waals surface area contributed by atoms with E-state index in [1.165, 1.54) is 0 Å². The Balaban J connectivity index is 1.53. The Labute approximate surface area is 257 Å². The molecule has 4 rings (SSSR count). The van der Waals surface area contributed by atoms with Crippen molar-refractivity contribution in [3.05, 3.63) is 47.8 Å². The Morgan fingerprint density at radius 1 is 1.34 bits per heavy atom. The zero-order chi connectivity index (χ0) is 32.3. The average Bonchev–Trinajstić information content (AvgIpc) is 3.50. The molecule has 1 aromatic carbocycles. The van der Waals surface area contributed by atoms with Gasteiger partial charge in [0, 0.05) is 0 Å². The van der Waals surface area contributed by atoms with Crippen molar-refractivity contribution in [2.45, 2.75) is 50.8 Å². The second kappa shape index (κ2) is 13.1. The van der Waals surface area contributed by atoms with Crippen LogP contribution in [0.4, 0.5) is 16.2 Å². The zero-order valence-corrected chi connectivity index (χ0v) is 26.1. The van der Waals surface area contributed by atoms with Gasteiger partial charge >= 0.3 is 257 Å². The van der Waals surface area contributed by atoms with Crippen LogP contribution in [0.25, 0.3) is 5.65 Å². The summed E-state index contributed by atoms with van der Waals surface area (Å²) in [6, 6.07) is 10.9. The van der Waals surface area contributed by atoms with Gasteiger partial charge in [-0.15, -0.1) is 0 Å². The predicted octanol–water partition coefficient (Wildman–Crippen LogP) is 0.999. The van der Waals surface area contributed by atoms with Crippen LogP contribution in [0.1, 0.15) is 32.0 Å². The van der Waals surface area contributed by atoms with Crippen molar-refractivity contribution < 1.29 is 38.1 Å². The molecule has 44 heavy (non-hydrogen) atoms. The van der Waals surface area contributed by atoms with E-state index in [0.717, 1.165) is 35.0 Å². The van der Waals surface area contributed by atoms with Crippen LogP contribution >= 0.6 is 19.9 Å². The number of anilines is 2. The normalized spacial score (nSPS) is 24.4. The number of imidazole rings is 1. The van der Waals surface area contributed by atoms with E-state index in [0.29, 0.717) is 0 Å². The van der Waals surface area contributed by atoms with E-state index in [2.05, 4.69) is 20.2 Å². The standard InChI is InChI=1S/C26H36FN8O7PS/c1-24(2,15-36)22(38)44-10-9-40-43(39,32-11-16-7-5-4-6-8-16)41-13-17-19(37)25(3,27)26(14-28,42-17)18-12-31-21-20(29)33-23(30)34-35(18)21/h4-8,12,17,19,32,36-37,39,43H,9-11,13,15H2,1-3H3,(H4,29,30,33,34)/t17-,19-,25-,26+/m1/s1. The van der Waals surface area contributed by atoms with E-state index >= 15 is 4.39 Å². The first-order valence-electron chi connectivity index (χ1n) is 13.5. The molecular formula is C26H36FN8O7PS. The number of thioether (sulfide) groups is 1. The summed E-state index contributed by atoms with van der Waals surface area (Å²) in [6.07, 6.45) is -2.25. The third kappa shape index (κ3) is 6.64. The fourth-order valence-corrected chi connectivity index (χ4v) is 6.91. The molecule has 0 unspecified atom stereocenters. The number of benzene rings is 1. The van der Waals surface area contributed by atoms with E-state index < -0.39 is 43.6 Å². The van der Waals surface area contributed by atoms with Crippen LogP contribution in [0.3, 0.4) is 0 Å². The number of nitriles is 1. The molecule has 0 amide bonds. The van der Waals surface area contributed by atoms with Gasteiger partial charge in [0.25, 0.3) is 0 Å². The summed E-state index contributed by atoms with van der Waals surface area (Å²) < 4.78 is 34.7. The van der Waals surface area contributed by atoms with E-state index in [1.54, 1.807) is 13.8 Å². The first kappa shape index (κ1) is 33.8. The molecule has 0 radical (unpaired) electrons. The molecule has 0 bridgehead atoms. The number of aliphatic hydroxyl groups excluding tert-OH is 2. The number of hydrogen-bond donors (Lipinski definition) is 6. The van der Waals surface area contributed by atoms with E-state index in [-0.39, 0.29) is 53.7 Å². The average molecular weight is 655 g/mol. The predicted molar refractivity (Wildman–Crippen MR) is 161 cm³/mol. The number of nitrogen functional groups attached to an aromatic ring is 2. The number of ether oxygens (including phenoxy) is 1. The van der Waals surface area contributed by atoms with Crippen molar-refractivity contribution >= 4 is 42.4 Å². The fraction of sp³-hybridized carbons (Fsp3) is 0.500. The Hall–Kier alpha value is -3.04. The van der Waals surface area contributed by atoms with E-state index in [1.807, 2.05) is 36.4 Å². The number of carbonyl (C=O) groups excluding carboxylic acids is 1. The molecule has 0 aliphatic carbocycles. The molecule has 240 valence electrons. The summed E-state index contributed by atoms with van der Waals surface area (Å²) in [6.45, 7) is 3.30. The summed E-state index contributed by atoms with van der Waals surface area (Å²) in [5, 5.41) is 37.2. The maximum atomic E-state index is 16.4. The first-order valence-corrected chi connectivity index (χ1v) is 16.2. The number of aliphatic hydroxyl groups is 2. The molecule has 1 aliphatic heterocycles. The molecule has 3 heterocycles. The number of halogens is 1. The number of nitrogens with one attached hydrogen (secondary N) is 1. The van der Waals surface area contributed by atoms with Crippen molar-refractivity contribution in [2.75, 3.05) is 37.0 Å². The number of nitrogens with two attached hydrogens (primary N) is 2. The van der Waals surface area contributed by atoms with Crippen molar-refractivity contribution in [2.24, 2.45) is 5.41 Å². The number of alkyl halides is 1. The van der Waals surface area contributed by atoms with Gasteiger partial charge in [-0.3, -0.25) is 0 Å². The van der Waals surface area contributed by atoms with Crippen LogP contribution in [0.5, 0.6) is 0 Å². The monoisotopic (exact) mass is 654 g/mol. The van der Waals surface area contributed by atoms with Gasteiger partial charge in [-0.25, -0.2) is 0 Å². The third-order valence-corrected chi connectivity index (χ3v) is 10.2. The van der Waals surface area contributed by atoms with Crippen molar-refractivity contribution in [3.8, 4) is 6.07 Å². The summed E-state index contributed by atoms with van der Waals surface area (Å²) in [7, 11) is -4.27. The second-order valence-electron chi connectivity index (χ2n) is 11.0. The molecule has 1 aliphatic rings. The topological polar surface area (TPSA) is 236 Å². The fourth-order valence-electron chi connectivity index (χ4n) is 4.48. The van der Waals surface area contributed by atoms with Gasteiger partial charge in [0.05, 0.1) is 0 Å². The van der Waals surface area contributed by atoms with Crippen LogP contribution in [-0.2, 0) is 30.7 Å². The summed E-state index contributed by atoms with van der Waals surface area (Å²) in [4.78, 5) is 31.6. The molecular weight excluding hydrogens is 618 g/mol. The second-order valence-corrected chi connectivity index (χ2v) is 14.1. The van der Waals surface area contributed by atoms with Crippen molar-refractivity contribution in [3.63, 3.8) is 0 Å². The number of hydrogen-bond acceptors (Lipinski definition) is 15.